The largest absolute Gasteiger partial charge is 0.508 e. The molecule has 4 heteroatoms. The topological polar surface area (TPSA) is 42.6 Å². The van der Waals surface area contributed by atoms with E-state index in [0.29, 0.717) is 12.0 Å². The maximum absolute atomic E-state index is 9.99. The van der Waals surface area contributed by atoms with Gasteiger partial charge in [-0.15, -0.1) is 0 Å². The third-order valence-electron chi connectivity index (χ3n) is 3.56. The summed E-state index contributed by atoms with van der Waals surface area (Å²) in [6.07, 6.45) is 2.36. The van der Waals surface area contributed by atoms with Gasteiger partial charge in [0.1, 0.15) is 11.5 Å². The molecule has 0 aliphatic rings. The first-order valence-corrected chi connectivity index (χ1v) is 10.4. The Morgan fingerprint density at radius 3 is 2.48 bits per heavy atom. The van der Waals surface area contributed by atoms with Crippen molar-refractivity contribution in [3.05, 3.63) is 42.2 Å². The van der Waals surface area contributed by atoms with Gasteiger partial charge in [0.05, 0.1) is 17.9 Å². The number of aromatic hydroxyl groups is 1. The lowest BCUT2D eigenvalue weighted by Gasteiger charge is -2.23. The quantitative estimate of drug-likeness (QED) is 0.873. The summed E-state index contributed by atoms with van der Waals surface area (Å²) in [5.41, 5.74) is 0.787. The van der Waals surface area contributed by atoms with E-state index in [4.69, 9.17) is 9.15 Å². The molecule has 0 fully saturated rings. The molecule has 1 heterocycles. The van der Waals surface area contributed by atoms with Crippen LogP contribution in [0.3, 0.4) is 0 Å². The molecule has 2 aromatic rings. The van der Waals surface area contributed by atoms with E-state index in [1.807, 2.05) is 24.3 Å². The van der Waals surface area contributed by atoms with Gasteiger partial charge in [-0.3, -0.25) is 0 Å². The minimum Gasteiger partial charge on any atom is -0.508 e. The van der Waals surface area contributed by atoms with Gasteiger partial charge in [-0.1, -0.05) is 33.9 Å². The lowest BCUT2D eigenvalue weighted by Crippen LogP contribution is -2.46. The number of hydrogen-bond acceptors (Lipinski definition) is 3. The molecule has 0 aliphatic heterocycles. The van der Waals surface area contributed by atoms with Gasteiger partial charge in [0.2, 0.25) is 0 Å². The molecule has 0 spiro atoms. The van der Waals surface area contributed by atoms with Crippen LogP contribution in [-0.2, 0) is 5.41 Å². The van der Waals surface area contributed by atoms with Gasteiger partial charge >= 0.3 is 0 Å². The van der Waals surface area contributed by atoms with Crippen LogP contribution in [0.1, 0.15) is 26.3 Å². The number of benzene rings is 1. The normalized spacial score (nSPS) is 12.4. The van der Waals surface area contributed by atoms with Gasteiger partial charge in [0.15, 0.2) is 8.07 Å². The molecule has 0 unspecified atom stereocenters. The highest BCUT2D eigenvalue weighted by molar-refractivity contribution is 6.88. The molecule has 1 aromatic carbocycles. The first-order chi connectivity index (χ1) is 9.70. The molecule has 0 saturated carbocycles. The molecule has 0 bridgehead atoms. The molecule has 0 saturated heterocycles. The number of rotatable bonds is 4. The van der Waals surface area contributed by atoms with Crippen LogP contribution in [0.4, 0.5) is 0 Å². The predicted octanol–water partition coefficient (Wildman–Crippen LogP) is 3.82. The average molecular weight is 304 g/mol. The van der Waals surface area contributed by atoms with Crippen LogP contribution < -0.4 is 10.1 Å². The molecule has 3 nitrogen and oxygen atoms in total. The zero-order chi connectivity index (χ0) is 15.7. The van der Waals surface area contributed by atoms with Crippen LogP contribution in [0.2, 0.25) is 13.1 Å². The lowest BCUT2D eigenvalue weighted by atomic mass is 9.86. The van der Waals surface area contributed by atoms with Crippen molar-refractivity contribution in [2.24, 2.45) is 0 Å². The van der Waals surface area contributed by atoms with Crippen molar-refractivity contribution < 1.29 is 14.3 Å². The highest BCUT2D eigenvalue weighted by Gasteiger charge is 2.28. The van der Waals surface area contributed by atoms with E-state index in [2.05, 4.69) is 33.9 Å². The fourth-order valence-electron chi connectivity index (χ4n) is 2.20. The summed E-state index contributed by atoms with van der Waals surface area (Å²) in [6.45, 7) is 10.7. The van der Waals surface area contributed by atoms with Crippen LogP contribution in [0.25, 0.3) is 0 Å². The van der Waals surface area contributed by atoms with E-state index in [0.717, 1.165) is 16.7 Å². The van der Waals surface area contributed by atoms with Gasteiger partial charge in [0.25, 0.3) is 0 Å². The zero-order valence-corrected chi connectivity index (χ0v) is 14.4. The number of hydrogen-bond donors (Lipinski definition) is 1. The second-order valence-electron chi connectivity index (χ2n) is 7.08. The number of furan rings is 1. The maximum Gasteiger partial charge on any atom is 0.168 e. The lowest BCUT2D eigenvalue weighted by molar-refractivity contribution is 0.373. The maximum atomic E-state index is 9.99. The summed E-state index contributed by atoms with van der Waals surface area (Å²) in [5, 5.41) is 11.0. The Hall–Kier alpha value is -1.68. The van der Waals surface area contributed by atoms with Crippen molar-refractivity contribution in [3.8, 4) is 11.5 Å². The number of phenols is 1. The van der Waals surface area contributed by atoms with Crippen molar-refractivity contribution in [1.29, 1.82) is 0 Å². The Labute approximate surface area is 127 Å². The summed E-state index contributed by atoms with van der Waals surface area (Å²) < 4.78 is 11.5. The molecular weight excluding hydrogens is 280 g/mol. The van der Waals surface area contributed by atoms with Gasteiger partial charge in [-0.25, -0.2) is 0 Å². The monoisotopic (exact) mass is 304 g/mol. The van der Waals surface area contributed by atoms with Crippen molar-refractivity contribution in [2.45, 2.75) is 39.3 Å². The summed E-state index contributed by atoms with van der Waals surface area (Å²) in [6, 6.07) is 9.39. The van der Waals surface area contributed by atoms with Gasteiger partial charge in [0, 0.05) is 5.56 Å². The molecule has 0 amide bonds. The van der Waals surface area contributed by atoms with Crippen LogP contribution in [-0.4, -0.2) is 19.4 Å². The molecule has 0 atom stereocenters. The number of phenolic OH excluding ortho intramolecular Hbond substituents is 1. The molecule has 2 rings (SSSR count). The number of ether oxygens (including phenoxy) is 1. The molecule has 1 aromatic heterocycles. The van der Waals surface area contributed by atoms with E-state index in [9.17, 15) is 5.11 Å². The van der Waals surface area contributed by atoms with E-state index >= 15 is 0 Å². The SMILES string of the molecule is CC(C)(C)c1cc(OC[Si](C)(C)c2ccco2)ccc1O. The van der Waals surface area contributed by atoms with Crippen molar-refractivity contribution >= 4 is 13.5 Å². The van der Waals surface area contributed by atoms with Crippen molar-refractivity contribution in [2.75, 3.05) is 6.23 Å². The van der Waals surface area contributed by atoms with E-state index in [1.165, 1.54) is 0 Å². The smallest absolute Gasteiger partial charge is 0.168 e. The fourth-order valence-corrected chi connectivity index (χ4v) is 3.81. The predicted molar refractivity (Wildman–Crippen MR) is 88.1 cm³/mol. The van der Waals surface area contributed by atoms with Crippen LogP contribution >= 0.6 is 0 Å². The van der Waals surface area contributed by atoms with Crippen LogP contribution in [0, 0.1) is 0 Å². The highest BCUT2D eigenvalue weighted by Crippen LogP contribution is 2.33. The van der Waals surface area contributed by atoms with Crippen molar-refractivity contribution in [3.63, 3.8) is 0 Å². The Bertz CT molecular complexity index is 595. The Kier molecular flexibility index (Phi) is 4.19. The minimum absolute atomic E-state index is 0.114. The molecule has 0 aliphatic carbocycles. The Balaban J connectivity index is 2.14. The summed E-state index contributed by atoms with van der Waals surface area (Å²) in [5.74, 6) is 1.11. The standard InChI is InChI=1S/C17H24O3Si/c1-17(2,3)14-11-13(8-9-15(14)18)20-12-21(4,5)16-7-6-10-19-16/h6-11,18H,12H2,1-5H3. The third kappa shape index (κ3) is 3.70. The fraction of sp³-hybridized carbons (Fsp3) is 0.412. The van der Waals surface area contributed by atoms with Gasteiger partial charge in [-0.2, -0.15) is 0 Å². The molecule has 1 N–H and O–H groups in total. The second kappa shape index (κ2) is 5.60. The Morgan fingerprint density at radius 2 is 1.90 bits per heavy atom. The van der Waals surface area contributed by atoms with E-state index in [1.54, 1.807) is 12.3 Å². The average Bonchev–Trinajstić information content (AvgIpc) is 2.91. The molecular formula is C17H24O3Si. The highest BCUT2D eigenvalue weighted by atomic mass is 28.3. The van der Waals surface area contributed by atoms with Crippen LogP contribution in [0.15, 0.2) is 41.0 Å². The first kappa shape index (κ1) is 15.7. The second-order valence-corrected chi connectivity index (χ2v) is 11.6. The van der Waals surface area contributed by atoms with E-state index < -0.39 is 8.07 Å². The minimum atomic E-state index is -1.74. The van der Waals surface area contributed by atoms with Crippen molar-refractivity contribution in [1.82, 2.24) is 0 Å². The van der Waals surface area contributed by atoms with Crippen LogP contribution in [0.5, 0.6) is 11.5 Å². The first-order valence-electron chi connectivity index (χ1n) is 7.20. The molecule has 114 valence electrons. The summed E-state index contributed by atoms with van der Waals surface area (Å²) in [4.78, 5) is 0. The Morgan fingerprint density at radius 1 is 1.19 bits per heavy atom. The molecule has 0 radical (unpaired) electrons. The molecule has 21 heavy (non-hydrogen) atoms. The van der Waals surface area contributed by atoms with Gasteiger partial charge < -0.3 is 14.3 Å². The third-order valence-corrected chi connectivity index (χ3v) is 6.05. The summed E-state index contributed by atoms with van der Waals surface area (Å²) >= 11 is 0. The van der Waals surface area contributed by atoms with E-state index in [-0.39, 0.29) is 5.41 Å². The zero-order valence-electron chi connectivity index (χ0n) is 13.4. The van der Waals surface area contributed by atoms with Gasteiger partial charge in [-0.05, 0) is 35.7 Å². The summed E-state index contributed by atoms with van der Waals surface area (Å²) in [7, 11) is -1.74.